The van der Waals surface area contributed by atoms with Gasteiger partial charge in [0.2, 0.25) is 5.95 Å². The summed E-state index contributed by atoms with van der Waals surface area (Å²) < 4.78 is 20.3. The van der Waals surface area contributed by atoms with Crippen LogP contribution in [0.4, 0.5) is 10.3 Å². The maximum atomic E-state index is 13.4. The molecule has 2 aromatic rings. The third-order valence-electron chi connectivity index (χ3n) is 3.31. The minimum absolute atomic E-state index is 0.00405. The molecule has 0 atom stereocenters. The SMILES string of the molecule is COCCC(C)(C)Cn1c(N)nc2ccc(F)cc21. The fraction of sp³-hybridized carbons (Fsp3) is 0.500. The molecule has 0 radical (unpaired) electrons. The molecule has 0 aliphatic rings. The number of nitrogen functional groups attached to an aromatic ring is 1. The molecule has 2 N–H and O–H groups in total. The number of aromatic nitrogens is 2. The zero-order valence-electron chi connectivity index (χ0n) is 11.6. The number of anilines is 1. The maximum Gasteiger partial charge on any atom is 0.201 e. The summed E-state index contributed by atoms with van der Waals surface area (Å²) in [7, 11) is 1.69. The van der Waals surface area contributed by atoms with Crippen LogP contribution in [0, 0.1) is 11.2 Å². The van der Waals surface area contributed by atoms with E-state index in [1.807, 2.05) is 4.57 Å². The van der Waals surface area contributed by atoms with Crippen LogP contribution < -0.4 is 5.73 Å². The summed E-state index contributed by atoms with van der Waals surface area (Å²) >= 11 is 0. The Morgan fingerprint density at radius 3 is 2.84 bits per heavy atom. The van der Waals surface area contributed by atoms with Crippen molar-refractivity contribution in [1.29, 1.82) is 0 Å². The third kappa shape index (κ3) is 3.04. The number of methoxy groups -OCH3 is 1. The average Bonchev–Trinajstić information content (AvgIpc) is 2.63. The highest BCUT2D eigenvalue weighted by atomic mass is 19.1. The van der Waals surface area contributed by atoms with Crippen molar-refractivity contribution < 1.29 is 9.13 Å². The van der Waals surface area contributed by atoms with Crippen LogP contribution in [-0.2, 0) is 11.3 Å². The van der Waals surface area contributed by atoms with E-state index in [2.05, 4.69) is 18.8 Å². The quantitative estimate of drug-likeness (QED) is 0.904. The molecule has 0 aliphatic carbocycles. The molecule has 4 nitrogen and oxygen atoms in total. The molecule has 1 heterocycles. The van der Waals surface area contributed by atoms with Crippen LogP contribution in [0.15, 0.2) is 18.2 Å². The number of nitrogens with zero attached hydrogens (tertiary/aromatic N) is 2. The lowest BCUT2D eigenvalue weighted by Gasteiger charge is -2.25. The Kier molecular flexibility index (Phi) is 3.75. The van der Waals surface area contributed by atoms with E-state index in [9.17, 15) is 4.39 Å². The number of rotatable bonds is 5. The van der Waals surface area contributed by atoms with E-state index < -0.39 is 0 Å². The molecular formula is C14H20FN3O. The Hall–Kier alpha value is -1.62. The van der Waals surface area contributed by atoms with Gasteiger partial charge in [-0.25, -0.2) is 9.37 Å². The van der Waals surface area contributed by atoms with Gasteiger partial charge in [0, 0.05) is 20.3 Å². The third-order valence-corrected chi connectivity index (χ3v) is 3.31. The summed E-state index contributed by atoms with van der Waals surface area (Å²) in [6.45, 7) is 5.64. The Balaban J connectivity index is 2.34. The molecule has 2 rings (SSSR count). The minimum atomic E-state index is -0.275. The highest BCUT2D eigenvalue weighted by molar-refractivity contribution is 5.78. The predicted octanol–water partition coefficient (Wildman–Crippen LogP) is 2.82. The van der Waals surface area contributed by atoms with Crippen molar-refractivity contribution in [2.24, 2.45) is 5.41 Å². The first-order valence-corrected chi connectivity index (χ1v) is 6.33. The van der Waals surface area contributed by atoms with Gasteiger partial charge < -0.3 is 15.0 Å². The molecule has 0 amide bonds. The lowest BCUT2D eigenvalue weighted by atomic mass is 9.89. The number of imidazole rings is 1. The van der Waals surface area contributed by atoms with Gasteiger partial charge in [0.25, 0.3) is 0 Å². The van der Waals surface area contributed by atoms with Gasteiger partial charge in [-0.1, -0.05) is 13.8 Å². The molecule has 0 saturated heterocycles. The molecule has 0 fully saturated rings. The van der Waals surface area contributed by atoms with E-state index in [4.69, 9.17) is 10.5 Å². The van der Waals surface area contributed by atoms with Crippen LogP contribution in [0.2, 0.25) is 0 Å². The van der Waals surface area contributed by atoms with Gasteiger partial charge in [-0.2, -0.15) is 0 Å². The number of hydrogen-bond acceptors (Lipinski definition) is 3. The van der Waals surface area contributed by atoms with Crippen LogP contribution in [-0.4, -0.2) is 23.3 Å². The fourth-order valence-electron chi connectivity index (χ4n) is 2.17. The zero-order chi connectivity index (χ0) is 14.0. The smallest absolute Gasteiger partial charge is 0.201 e. The van der Waals surface area contributed by atoms with Crippen LogP contribution >= 0.6 is 0 Å². The lowest BCUT2D eigenvalue weighted by molar-refractivity contribution is 0.143. The van der Waals surface area contributed by atoms with Crippen LogP contribution in [0.3, 0.4) is 0 Å². The summed E-state index contributed by atoms with van der Waals surface area (Å²) in [5.74, 6) is 0.148. The normalized spacial score (nSPS) is 12.2. The molecule has 19 heavy (non-hydrogen) atoms. The van der Waals surface area contributed by atoms with Crippen molar-refractivity contribution in [1.82, 2.24) is 9.55 Å². The van der Waals surface area contributed by atoms with Gasteiger partial charge in [-0.3, -0.25) is 0 Å². The zero-order valence-corrected chi connectivity index (χ0v) is 11.6. The molecular weight excluding hydrogens is 245 g/mol. The molecule has 0 unspecified atom stereocenters. The van der Waals surface area contributed by atoms with Crippen molar-refractivity contribution in [3.63, 3.8) is 0 Å². The molecule has 1 aromatic carbocycles. The molecule has 5 heteroatoms. The van der Waals surface area contributed by atoms with Gasteiger partial charge in [0.1, 0.15) is 5.82 Å². The highest BCUT2D eigenvalue weighted by Gasteiger charge is 2.21. The highest BCUT2D eigenvalue weighted by Crippen LogP contribution is 2.28. The Bertz CT molecular complexity index is 577. The van der Waals surface area contributed by atoms with Gasteiger partial charge in [0.15, 0.2) is 0 Å². The first-order chi connectivity index (χ1) is 8.93. The second-order valence-electron chi connectivity index (χ2n) is 5.60. The summed E-state index contributed by atoms with van der Waals surface area (Å²) in [6, 6.07) is 4.53. The van der Waals surface area contributed by atoms with Crippen LogP contribution in [0.1, 0.15) is 20.3 Å². The second-order valence-corrected chi connectivity index (χ2v) is 5.60. The monoisotopic (exact) mass is 265 g/mol. The molecule has 104 valence electrons. The standard InChI is InChI=1S/C14H20FN3O/c1-14(2,6-7-19-3)9-18-12-8-10(15)4-5-11(12)17-13(18)16/h4-5,8H,6-7,9H2,1-3H3,(H2,16,17). The first kappa shape index (κ1) is 13.8. The summed E-state index contributed by atoms with van der Waals surface area (Å²) in [5.41, 5.74) is 7.40. The van der Waals surface area contributed by atoms with E-state index in [1.165, 1.54) is 12.1 Å². The van der Waals surface area contributed by atoms with Crippen LogP contribution in [0.25, 0.3) is 11.0 Å². The van der Waals surface area contributed by atoms with Gasteiger partial charge in [-0.15, -0.1) is 0 Å². The Morgan fingerprint density at radius 1 is 1.42 bits per heavy atom. The number of hydrogen-bond donors (Lipinski definition) is 1. The number of ether oxygens (including phenoxy) is 1. The fourth-order valence-corrected chi connectivity index (χ4v) is 2.17. The van der Waals surface area contributed by atoms with Crippen molar-refractivity contribution in [3.05, 3.63) is 24.0 Å². The van der Waals surface area contributed by atoms with Crippen molar-refractivity contribution in [2.75, 3.05) is 19.5 Å². The molecule has 0 saturated carbocycles. The molecule has 0 aliphatic heterocycles. The molecule has 0 spiro atoms. The average molecular weight is 265 g/mol. The first-order valence-electron chi connectivity index (χ1n) is 6.33. The van der Waals surface area contributed by atoms with E-state index in [1.54, 1.807) is 13.2 Å². The number of benzene rings is 1. The predicted molar refractivity (Wildman–Crippen MR) is 74.4 cm³/mol. The second kappa shape index (κ2) is 5.17. The van der Waals surface area contributed by atoms with Gasteiger partial charge >= 0.3 is 0 Å². The van der Waals surface area contributed by atoms with Crippen molar-refractivity contribution >= 4 is 17.0 Å². The topological polar surface area (TPSA) is 53.1 Å². The Morgan fingerprint density at radius 2 is 2.16 bits per heavy atom. The van der Waals surface area contributed by atoms with Gasteiger partial charge in [-0.05, 0) is 30.0 Å². The van der Waals surface area contributed by atoms with E-state index in [0.717, 1.165) is 17.5 Å². The summed E-state index contributed by atoms with van der Waals surface area (Å²) in [5, 5.41) is 0. The van der Waals surface area contributed by atoms with Crippen molar-refractivity contribution in [2.45, 2.75) is 26.8 Å². The summed E-state index contributed by atoms with van der Waals surface area (Å²) in [4.78, 5) is 4.26. The largest absolute Gasteiger partial charge is 0.385 e. The van der Waals surface area contributed by atoms with Crippen molar-refractivity contribution in [3.8, 4) is 0 Å². The van der Waals surface area contributed by atoms with E-state index in [0.29, 0.717) is 19.1 Å². The lowest BCUT2D eigenvalue weighted by Crippen LogP contribution is -2.22. The summed E-state index contributed by atoms with van der Waals surface area (Å²) in [6.07, 6.45) is 0.901. The minimum Gasteiger partial charge on any atom is -0.385 e. The maximum absolute atomic E-state index is 13.4. The number of halogens is 1. The number of fused-ring (bicyclic) bond motifs is 1. The Labute approximate surface area is 112 Å². The van der Waals surface area contributed by atoms with Crippen LogP contribution in [0.5, 0.6) is 0 Å². The molecule has 0 bridgehead atoms. The van der Waals surface area contributed by atoms with Gasteiger partial charge in [0.05, 0.1) is 11.0 Å². The van der Waals surface area contributed by atoms with E-state index in [-0.39, 0.29) is 11.2 Å². The molecule has 1 aromatic heterocycles. The number of nitrogens with two attached hydrogens (primary N) is 1. The van der Waals surface area contributed by atoms with E-state index >= 15 is 0 Å².